The normalized spacial score (nSPS) is 12.4. The molecule has 0 spiro atoms. The SMILES string of the molecule is C=CC(CCCC)Sc1ccccc1. The first-order valence-electron chi connectivity index (χ1n) is 5.21. The van der Waals surface area contributed by atoms with Crippen LogP contribution in [0.5, 0.6) is 0 Å². The maximum Gasteiger partial charge on any atom is 0.0271 e. The van der Waals surface area contributed by atoms with Crippen LogP contribution in [-0.2, 0) is 0 Å². The van der Waals surface area contributed by atoms with Crippen LogP contribution in [0.1, 0.15) is 26.2 Å². The van der Waals surface area contributed by atoms with Crippen molar-refractivity contribution in [3.63, 3.8) is 0 Å². The first kappa shape index (κ1) is 11.4. The van der Waals surface area contributed by atoms with E-state index in [0.717, 1.165) is 0 Å². The predicted octanol–water partition coefficient (Wildman–Crippen LogP) is 4.52. The van der Waals surface area contributed by atoms with Crippen molar-refractivity contribution in [3.05, 3.63) is 43.0 Å². The molecule has 0 bridgehead atoms. The van der Waals surface area contributed by atoms with Crippen LogP contribution in [-0.4, -0.2) is 5.25 Å². The van der Waals surface area contributed by atoms with Crippen molar-refractivity contribution in [1.29, 1.82) is 0 Å². The van der Waals surface area contributed by atoms with E-state index in [4.69, 9.17) is 0 Å². The van der Waals surface area contributed by atoms with Crippen LogP contribution in [0, 0.1) is 0 Å². The standard InChI is InChI=1S/C13H18S/c1-3-5-9-12(4-2)14-13-10-7-6-8-11-13/h4,6-8,10-12H,2-3,5,9H2,1H3. The fourth-order valence-electron chi connectivity index (χ4n) is 1.30. The van der Waals surface area contributed by atoms with Crippen molar-refractivity contribution in [2.24, 2.45) is 0 Å². The van der Waals surface area contributed by atoms with Gasteiger partial charge in [0.25, 0.3) is 0 Å². The van der Waals surface area contributed by atoms with Gasteiger partial charge in [-0.1, -0.05) is 44.0 Å². The van der Waals surface area contributed by atoms with Gasteiger partial charge in [0.15, 0.2) is 0 Å². The molecule has 0 saturated carbocycles. The van der Waals surface area contributed by atoms with E-state index >= 15 is 0 Å². The Hall–Kier alpha value is -0.690. The minimum absolute atomic E-state index is 0.567. The number of thioether (sulfide) groups is 1. The second-order valence-corrected chi connectivity index (χ2v) is 4.66. The number of unbranched alkanes of at least 4 members (excludes halogenated alkanes) is 1. The first-order chi connectivity index (χ1) is 6.86. The monoisotopic (exact) mass is 206 g/mol. The molecule has 0 aliphatic carbocycles. The van der Waals surface area contributed by atoms with Gasteiger partial charge in [-0.15, -0.1) is 18.3 Å². The minimum atomic E-state index is 0.567. The summed E-state index contributed by atoms with van der Waals surface area (Å²) in [5.74, 6) is 0. The predicted molar refractivity (Wildman–Crippen MR) is 65.8 cm³/mol. The summed E-state index contributed by atoms with van der Waals surface area (Å²) in [5, 5.41) is 0.567. The molecule has 1 heteroatoms. The van der Waals surface area contributed by atoms with Gasteiger partial charge in [0.2, 0.25) is 0 Å². The molecule has 0 aliphatic heterocycles. The van der Waals surface area contributed by atoms with Gasteiger partial charge in [-0.3, -0.25) is 0 Å². The van der Waals surface area contributed by atoms with Crippen LogP contribution < -0.4 is 0 Å². The Morgan fingerprint density at radius 1 is 1.36 bits per heavy atom. The van der Waals surface area contributed by atoms with Gasteiger partial charge in [0, 0.05) is 10.1 Å². The zero-order chi connectivity index (χ0) is 10.2. The van der Waals surface area contributed by atoms with Crippen LogP contribution in [0.2, 0.25) is 0 Å². The molecule has 14 heavy (non-hydrogen) atoms. The Balaban J connectivity index is 2.44. The summed E-state index contributed by atoms with van der Waals surface area (Å²) in [6.45, 7) is 6.12. The molecule has 1 aromatic rings. The highest BCUT2D eigenvalue weighted by atomic mass is 32.2. The Kier molecular flexibility index (Phi) is 5.46. The summed E-state index contributed by atoms with van der Waals surface area (Å²) < 4.78 is 0. The number of hydrogen-bond acceptors (Lipinski definition) is 1. The van der Waals surface area contributed by atoms with Gasteiger partial charge in [-0.2, -0.15) is 0 Å². The quantitative estimate of drug-likeness (QED) is 0.487. The van der Waals surface area contributed by atoms with E-state index in [1.807, 2.05) is 11.8 Å². The third-order valence-corrected chi connectivity index (χ3v) is 3.41. The highest BCUT2D eigenvalue weighted by molar-refractivity contribution is 8.00. The minimum Gasteiger partial charge on any atom is -0.119 e. The van der Waals surface area contributed by atoms with Crippen LogP contribution in [0.25, 0.3) is 0 Å². The van der Waals surface area contributed by atoms with E-state index in [0.29, 0.717) is 5.25 Å². The average molecular weight is 206 g/mol. The van der Waals surface area contributed by atoms with E-state index < -0.39 is 0 Å². The van der Waals surface area contributed by atoms with Gasteiger partial charge < -0.3 is 0 Å². The maximum atomic E-state index is 3.89. The summed E-state index contributed by atoms with van der Waals surface area (Å²) in [7, 11) is 0. The molecular weight excluding hydrogens is 188 g/mol. The third kappa shape index (κ3) is 4.01. The molecule has 76 valence electrons. The highest BCUT2D eigenvalue weighted by Gasteiger charge is 2.04. The van der Waals surface area contributed by atoms with Gasteiger partial charge >= 0.3 is 0 Å². The smallest absolute Gasteiger partial charge is 0.0271 e. The molecule has 1 atom stereocenters. The van der Waals surface area contributed by atoms with Crippen molar-refractivity contribution in [2.45, 2.75) is 36.3 Å². The molecule has 1 unspecified atom stereocenters. The van der Waals surface area contributed by atoms with Gasteiger partial charge in [0.1, 0.15) is 0 Å². The molecule has 0 radical (unpaired) electrons. The highest BCUT2D eigenvalue weighted by Crippen LogP contribution is 2.26. The van der Waals surface area contributed by atoms with Gasteiger partial charge in [0.05, 0.1) is 0 Å². The van der Waals surface area contributed by atoms with Gasteiger partial charge in [-0.25, -0.2) is 0 Å². The number of hydrogen-bond donors (Lipinski definition) is 0. The Bertz CT molecular complexity index is 253. The first-order valence-corrected chi connectivity index (χ1v) is 6.09. The molecule has 0 aliphatic rings. The van der Waals surface area contributed by atoms with E-state index in [2.05, 4.69) is 49.9 Å². The topological polar surface area (TPSA) is 0 Å². The summed E-state index contributed by atoms with van der Waals surface area (Å²) in [4.78, 5) is 1.34. The maximum absolute atomic E-state index is 3.89. The van der Waals surface area contributed by atoms with E-state index in [-0.39, 0.29) is 0 Å². The lowest BCUT2D eigenvalue weighted by atomic mass is 10.2. The second-order valence-electron chi connectivity index (χ2n) is 3.35. The van der Waals surface area contributed by atoms with Crippen molar-refractivity contribution >= 4 is 11.8 Å². The van der Waals surface area contributed by atoms with Gasteiger partial charge in [-0.05, 0) is 18.6 Å². The molecule has 0 N–H and O–H groups in total. The summed E-state index contributed by atoms with van der Waals surface area (Å²) in [6.07, 6.45) is 5.85. The summed E-state index contributed by atoms with van der Waals surface area (Å²) in [6, 6.07) is 10.5. The molecule has 0 nitrogen and oxygen atoms in total. The molecule has 0 fully saturated rings. The van der Waals surface area contributed by atoms with Crippen LogP contribution in [0.15, 0.2) is 47.9 Å². The molecule has 0 aromatic heterocycles. The fourth-order valence-corrected chi connectivity index (χ4v) is 2.35. The molecule has 1 rings (SSSR count). The van der Waals surface area contributed by atoms with Crippen LogP contribution in [0.3, 0.4) is 0 Å². The molecular formula is C13H18S. The lowest BCUT2D eigenvalue weighted by Gasteiger charge is -2.10. The third-order valence-electron chi connectivity index (χ3n) is 2.14. The fraction of sp³-hybridized carbons (Fsp3) is 0.385. The second kappa shape index (κ2) is 6.72. The molecule has 1 aromatic carbocycles. The summed E-state index contributed by atoms with van der Waals surface area (Å²) in [5.41, 5.74) is 0. The Labute approximate surface area is 91.4 Å². The van der Waals surface area contributed by atoms with Crippen molar-refractivity contribution in [1.82, 2.24) is 0 Å². The average Bonchev–Trinajstić information content (AvgIpc) is 2.25. The number of benzene rings is 1. The van der Waals surface area contributed by atoms with Crippen LogP contribution >= 0.6 is 11.8 Å². The van der Waals surface area contributed by atoms with Crippen molar-refractivity contribution < 1.29 is 0 Å². The molecule has 0 amide bonds. The zero-order valence-corrected chi connectivity index (χ0v) is 9.59. The summed E-state index contributed by atoms with van der Waals surface area (Å²) >= 11 is 1.91. The van der Waals surface area contributed by atoms with E-state index in [1.54, 1.807) is 0 Å². The largest absolute Gasteiger partial charge is 0.119 e. The Morgan fingerprint density at radius 2 is 2.07 bits per heavy atom. The van der Waals surface area contributed by atoms with Crippen molar-refractivity contribution in [3.8, 4) is 0 Å². The van der Waals surface area contributed by atoms with E-state index in [1.165, 1.54) is 24.2 Å². The lowest BCUT2D eigenvalue weighted by molar-refractivity contribution is 0.738. The lowest BCUT2D eigenvalue weighted by Crippen LogP contribution is -1.96. The zero-order valence-electron chi connectivity index (χ0n) is 8.78. The number of rotatable bonds is 6. The molecule has 0 saturated heterocycles. The molecule has 0 heterocycles. The Morgan fingerprint density at radius 3 is 2.64 bits per heavy atom. The van der Waals surface area contributed by atoms with Crippen molar-refractivity contribution in [2.75, 3.05) is 0 Å². The van der Waals surface area contributed by atoms with Crippen LogP contribution in [0.4, 0.5) is 0 Å². The van der Waals surface area contributed by atoms with E-state index in [9.17, 15) is 0 Å².